The summed E-state index contributed by atoms with van der Waals surface area (Å²) in [5.74, 6) is 0.734. The summed E-state index contributed by atoms with van der Waals surface area (Å²) in [6.07, 6.45) is 1.72. The molecule has 0 saturated carbocycles. The standard InChI is InChI=1S/C14H17Cl2N3O/c1-4-19-14(12(20-3)8-18-19)13(17-2)10-6-5-9(15)7-11(10)16/h5-8,13,17H,4H2,1-3H3. The number of hydrogen-bond donors (Lipinski definition) is 1. The molecule has 0 aliphatic heterocycles. The van der Waals surface area contributed by atoms with Crippen molar-refractivity contribution in [2.45, 2.75) is 19.5 Å². The molecule has 1 N–H and O–H groups in total. The summed E-state index contributed by atoms with van der Waals surface area (Å²) in [6.45, 7) is 2.79. The number of ether oxygens (including phenoxy) is 1. The maximum atomic E-state index is 6.32. The highest BCUT2D eigenvalue weighted by molar-refractivity contribution is 6.35. The largest absolute Gasteiger partial charge is 0.493 e. The van der Waals surface area contributed by atoms with E-state index in [4.69, 9.17) is 27.9 Å². The SMILES string of the molecule is CCn1ncc(OC)c1C(NC)c1ccc(Cl)cc1Cl. The molecule has 0 fully saturated rings. The number of methoxy groups -OCH3 is 1. The minimum absolute atomic E-state index is 0.114. The smallest absolute Gasteiger partial charge is 0.161 e. The second-order valence-corrected chi connectivity index (χ2v) is 5.15. The molecule has 0 amide bonds. The lowest BCUT2D eigenvalue weighted by atomic mass is 10.0. The van der Waals surface area contributed by atoms with Crippen LogP contribution >= 0.6 is 23.2 Å². The van der Waals surface area contributed by atoms with Gasteiger partial charge in [0.2, 0.25) is 0 Å². The van der Waals surface area contributed by atoms with Gasteiger partial charge in [0.1, 0.15) is 5.69 Å². The molecule has 20 heavy (non-hydrogen) atoms. The predicted octanol–water partition coefficient (Wildman–Crippen LogP) is 3.53. The highest BCUT2D eigenvalue weighted by Gasteiger charge is 2.23. The van der Waals surface area contributed by atoms with Crippen molar-refractivity contribution < 1.29 is 4.74 Å². The van der Waals surface area contributed by atoms with Crippen molar-refractivity contribution in [3.8, 4) is 5.75 Å². The third-order valence-electron chi connectivity index (χ3n) is 3.20. The molecule has 1 atom stereocenters. The van der Waals surface area contributed by atoms with Crippen LogP contribution in [-0.2, 0) is 6.54 Å². The first-order valence-electron chi connectivity index (χ1n) is 6.34. The molecule has 0 radical (unpaired) electrons. The van der Waals surface area contributed by atoms with Gasteiger partial charge in [-0.2, -0.15) is 5.10 Å². The maximum Gasteiger partial charge on any atom is 0.161 e. The van der Waals surface area contributed by atoms with Gasteiger partial charge in [0.05, 0.1) is 19.3 Å². The van der Waals surface area contributed by atoms with Gasteiger partial charge in [0, 0.05) is 16.6 Å². The summed E-state index contributed by atoms with van der Waals surface area (Å²) >= 11 is 12.3. The quantitative estimate of drug-likeness (QED) is 0.918. The molecule has 0 bridgehead atoms. The van der Waals surface area contributed by atoms with Crippen LogP contribution < -0.4 is 10.1 Å². The second-order valence-electron chi connectivity index (χ2n) is 4.30. The fraction of sp³-hybridized carbons (Fsp3) is 0.357. The van der Waals surface area contributed by atoms with Crippen molar-refractivity contribution in [3.63, 3.8) is 0 Å². The van der Waals surface area contributed by atoms with Crippen LogP contribution in [0.5, 0.6) is 5.75 Å². The molecule has 1 heterocycles. The van der Waals surface area contributed by atoms with E-state index in [1.165, 1.54) is 0 Å². The number of benzene rings is 1. The van der Waals surface area contributed by atoms with Gasteiger partial charge in [-0.15, -0.1) is 0 Å². The van der Waals surface area contributed by atoms with Crippen LogP contribution in [0.4, 0.5) is 0 Å². The van der Waals surface area contributed by atoms with E-state index in [0.29, 0.717) is 10.0 Å². The third-order valence-corrected chi connectivity index (χ3v) is 3.76. The molecule has 1 aromatic carbocycles. The first kappa shape index (κ1) is 15.2. The number of nitrogens with zero attached hydrogens (tertiary/aromatic N) is 2. The summed E-state index contributed by atoms with van der Waals surface area (Å²) in [7, 11) is 3.51. The zero-order valence-corrected chi connectivity index (χ0v) is 13.2. The van der Waals surface area contributed by atoms with Crippen molar-refractivity contribution in [2.24, 2.45) is 0 Å². The van der Waals surface area contributed by atoms with Gasteiger partial charge >= 0.3 is 0 Å². The van der Waals surface area contributed by atoms with E-state index < -0.39 is 0 Å². The summed E-state index contributed by atoms with van der Waals surface area (Å²) in [5, 5.41) is 8.82. The van der Waals surface area contributed by atoms with Crippen molar-refractivity contribution in [1.82, 2.24) is 15.1 Å². The minimum Gasteiger partial charge on any atom is -0.493 e. The third kappa shape index (κ3) is 2.77. The second kappa shape index (κ2) is 6.48. The Hall–Kier alpha value is -1.23. The Labute approximate surface area is 128 Å². The molecule has 108 valence electrons. The Morgan fingerprint density at radius 1 is 1.40 bits per heavy atom. The number of nitrogens with one attached hydrogen (secondary N) is 1. The van der Waals surface area contributed by atoms with Crippen LogP contribution in [0.25, 0.3) is 0 Å². The van der Waals surface area contributed by atoms with Crippen LogP contribution in [0.1, 0.15) is 24.2 Å². The first-order chi connectivity index (χ1) is 9.62. The fourth-order valence-electron chi connectivity index (χ4n) is 2.25. The van der Waals surface area contributed by atoms with E-state index in [-0.39, 0.29) is 6.04 Å². The minimum atomic E-state index is -0.114. The Morgan fingerprint density at radius 2 is 2.15 bits per heavy atom. The van der Waals surface area contributed by atoms with E-state index in [1.54, 1.807) is 19.4 Å². The van der Waals surface area contributed by atoms with Gasteiger partial charge in [-0.3, -0.25) is 4.68 Å². The molecular weight excluding hydrogens is 297 g/mol. The number of aryl methyl sites for hydroxylation is 1. The molecule has 6 heteroatoms. The first-order valence-corrected chi connectivity index (χ1v) is 7.09. The number of hydrogen-bond acceptors (Lipinski definition) is 3. The predicted molar refractivity (Wildman–Crippen MR) is 81.8 cm³/mol. The van der Waals surface area contributed by atoms with E-state index in [1.807, 2.05) is 30.8 Å². The van der Waals surface area contributed by atoms with Crippen molar-refractivity contribution >= 4 is 23.2 Å². The molecule has 0 saturated heterocycles. The molecule has 1 aromatic heterocycles. The average molecular weight is 314 g/mol. The Balaban J connectivity index is 2.54. The molecule has 0 spiro atoms. The molecule has 2 aromatic rings. The zero-order chi connectivity index (χ0) is 14.7. The lowest BCUT2D eigenvalue weighted by Crippen LogP contribution is -2.22. The van der Waals surface area contributed by atoms with E-state index in [2.05, 4.69) is 10.4 Å². The Kier molecular flexibility index (Phi) is 4.91. The normalized spacial score (nSPS) is 12.4. The van der Waals surface area contributed by atoms with Crippen molar-refractivity contribution in [2.75, 3.05) is 14.2 Å². The van der Waals surface area contributed by atoms with Gasteiger partial charge in [-0.05, 0) is 31.7 Å². The monoisotopic (exact) mass is 313 g/mol. The van der Waals surface area contributed by atoms with Crippen LogP contribution in [0.15, 0.2) is 24.4 Å². The van der Waals surface area contributed by atoms with Crippen LogP contribution in [0.2, 0.25) is 10.0 Å². The van der Waals surface area contributed by atoms with Gasteiger partial charge in [0.25, 0.3) is 0 Å². The number of halogens is 2. The molecular formula is C14H17Cl2N3O. The van der Waals surface area contributed by atoms with Crippen LogP contribution in [0, 0.1) is 0 Å². The molecule has 2 rings (SSSR count). The lowest BCUT2D eigenvalue weighted by molar-refractivity contribution is 0.401. The number of rotatable bonds is 5. The highest BCUT2D eigenvalue weighted by atomic mass is 35.5. The molecule has 4 nitrogen and oxygen atoms in total. The Morgan fingerprint density at radius 3 is 2.70 bits per heavy atom. The fourth-order valence-corrected chi connectivity index (χ4v) is 2.77. The van der Waals surface area contributed by atoms with Gasteiger partial charge in [0.15, 0.2) is 5.75 Å². The lowest BCUT2D eigenvalue weighted by Gasteiger charge is -2.20. The summed E-state index contributed by atoms with van der Waals surface area (Å²) in [4.78, 5) is 0. The topological polar surface area (TPSA) is 39.1 Å². The van der Waals surface area contributed by atoms with Crippen LogP contribution in [-0.4, -0.2) is 23.9 Å². The van der Waals surface area contributed by atoms with E-state index in [0.717, 1.165) is 23.6 Å². The molecule has 0 aliphatic carbocycles. The molecule has 0 aliphatic rings. The van der Waals surface area contributed by atoms with E-state index >= 15 is 0 Å². The maximum absolute atomic E-state index is 6.32. The van der Waals surface area contributed by atoms with Gasteiger partial charge in [-0.1, -0.05) is 29.3 Å². The summed E-state index contributed by atoms with van der Waals surface area (Å²) in [5.41, 5.74) is 1.88. The number of aromatic nitrogens is 2. The summed E-state index contributed by atoms with van der Waals surface area (Å²) in [6, 6.07) is 5.36. The van der Waals surface area contributed by atoms with Crippen molar-refractivity contribution in [3.05, 3.63) is 45.7 Å². The average Bonchev–Trinajstić information content (AvgIpc) is 2.85. The highest BCUT2D eigenvalue weighted by Crippen LogP contribution is 2.34. The zero-order valence-electron chi connectivity index (χ0n) is 11.7. The Bertz CT molecular complexity index is 577. The summed E-state index contributed by atoms with van der Waals surface area (Å²) < 4.78 is 7.30. The van der Waals surface area contributed by atoms with Crippen molar-refractivity contribution in [1.29, 1.82) is 0 Å². The van der Waals surface area contributed by atoms with Crippen LogP contribution in [0.3, 0.4) is 0 Å². The van der Waals surface area contributed by atoms with Gasteiger partial charge in [-0.25, -0.2) is 0 Å². The van der Waals surface area contributed by atoms with E-state index in [9.17, 15) is 0 Å². The van der Waals surface area contributed by atoms with Gasteiger partial charge < -0.3 is 10.1 Å². The molecule has 1 unspecified atom stereocenters.